The Labute approximate surface area is 182 Å². The van der Waals surface area contributed by atoms with Crippen LogP contribution >= 0.6 is 11.6 Å². The summed E-state index contributed by atoms with van der Waals surface area (Å²) >= 11 is 5.83. The van der Waals surface area contributed by atoms with Crippen LogP contribution in [-0.4, -0.2) is 29.0 Å². The fourth-order valence-electron chi connectivity index (χ4n) is 2.53. The van der Waals surface area contributed by atoms with Gasteiger partial charge in [0.25, 0.3) is 5.91 Å². The predicted octanol–water partition coefficient (Wildman–Crippen LogP) is 3.39. The van der Waals surface area contributed by atoms with Crippen molar-refractivity contribution >= 4 is 46.9 Å². The first-order chi connectivity index (χ1) is 14.9. The third-order valence-electron chi connectivity index (χ3n) is 4.02. The van der Waals surface area contributed by atoms with Gasteiger partial charge in [-0.05, 0) is 42.5 Å². The quantitative estimate of drug-likeness (QED) is 0.278. The molecule has 0 aliphatic carbocycles. The van der Waals surface area contributed by atoms with Crippen LogP contribution < -0.4 is 16.1 Å². The zero-order valence-electron chi connectivity index (χ0n) is 16.0. The highest BCUT2D eigenvalue weighted by Gasteiger charge is 2.17. The van der Waals surface area contributed by atoms with Crippen molar-refractivity contribution in [2.45, 2.75) is 0 Å². The van der Waals surface area contributed by atoms with Crippen molar-refractivity contribution in [3.63, 3.8) is 0 Å². The highest BCUT2D eigenvalue weighted by molar-refractivity contribution is 6.40. The molecule has 8 nitrogen and oxygen atoms in total. The average molecular weight is 437 g/mol. The van der Waals surface area contributed by atoms with E-state index in [-0.39, 0.29) is 22.6 Å². The molecule has 3 aromatic carbocycles. The second kappa shape index (κ2) is 10.0. The van der Waals surface area contributed by atoms with Crippen molar-refractivity contribution in [3.8, 4) is 5.75 Å². The van der Waals surface area contributed by atoms with Crippen LogP contribution in [0, 0.1) is 0 Å². The highest BCUT2D eigenvalue weighted by atomic mass is 35.5. The van der Waals surface area contributed by atoms with Crippen LogP contribution in [0.15, 0.2) is 77.9 Å². The van der Waals surface area contributed by atoms with Crippen LogP contribution in [0.5, 0.6) is 5.75 Å². The summed E-state index contributed by atoms with van der Waals surface area (Å²) < 4.78 is 0. The molecule has 0 unspecified atom stereocenters. The van der Waals surface area contributed by atoms with E-state index in [0.717, 1.165) is 6.21 Å². The molecule has 4 N–H and O–H groups in total. The third-order valence-corrected chi connectivity index (χ3v) is 4.25. The van der Waals surface area contributed by atoms with Crippen molar-refractivity contribution in [1.82, 2.24) is 5.43 Å². The number of para-hydroxylation sites is 2. The third kappa shape index (κ3) is 5.91. The lowest BCUT2D eigenvalue weighted by molar-refractivity contribution is -0.136. The van der Waals surface area contributed by atoms with Gasteiger partial charge in [0.15, 0.2) is 0 Å². The number of anilines is 2. The lowest BCUT2D eigenvalue weighted by Gasteiger charge is -2.11. The minimum absolute atomic E-state index is 0.0924. The van der Waals surface area contributed by atoms with Crippen LogP contribution in [0.1, 0.15) is 15.9 Å². The monoisotopic (exact) mass is 436 g/mol. The van der Waals surface area contributed by atoms with Crippen molar-refractivity contribution in [1.29, 1.82) is 0 Å². The number of hydrogen-bond donors (Lipinski definition) is 4. The van der Waals surface area contributed by atoms with Gasteiger partial charge in [0.1, 0.15) is 5.75 Å². The summed E-state index contributed by atoms with van der Waals surface area (Å²) in [6.07, 6.45) is 1.15. The van der Waals surface area contributed by atoms with Gasteiger partial charge >= 0.3 is 11.8 Å². The van der Waals surface area contributed by atoms with E-state index in [1.54, 1.807) is 36.4 Å². The minimum Gasteiger partial charge on any atom is -0.507 e. The maximum atomic E-state index is 12.6. The molecule has 0 saturated heterocycles. The molecule has 0 fully saturated rings. The largest absolute Gasteiger partial charge is 0.507 e. The highest BCUT2D eigenvalue weighted by Crippen LogP contribution is 2.20. The number of carbonyl (C=O) groups excluding carboxylic acids is 3. The van der Waals surface area contributed by atoms with Gasteiger partial charge in [-0.3, -0.25) is 14.4 Å². The Kier molecular flexibility index (Phi) is 6.97. The molecule has 0 radical (unpaired) electrons. The molecule has 0 heterocycles. The normalized spacial score (nSPS) is 10.5. The van der Waals surface area contributed by atoms with Gasteiger partial charge in [0.2, 0.25) is 0 Å². The number of halogens is 1. The molecule has 156 valence electrons. The topological polar surface area (TPSA) is 120 Å². The van der Waals surface area contributed by atoms with E-state index in [0.29, 0.717) is 10.7 Å². The molecule has 3 aromatic rings. The average Bonchev–Trinajstić information content (AvgIpc) is 2.77. The summed E-state index contributed by atoms with van der Waals surface area (Å²) in [7, 11) is 0. The van der Waals surface area contributed by atoms with Gasteiger partial charge in [0.05, 0.1) is 17.5 Å². The predicted molar refractivity (Wildman–Crippen MR) is 118 cm³/mol. The summed E-state index contributed by atoms with van der Waals surface area (Å²) in [6, 6.07) is 19.4. The van der Waals surface area contributed by atoms with E-state index in [1.165, 1.54) is 30.3 Å². The first-order valence-electron chi connectivity index (χ1n) is 9.02. The number of phenolic OH excluding ortho intramolecular Hbond substituents is 1. The number of hydrazone groups is 1. The summed E-state index contributed by atoms with van der Waals surface area (Å²) in [4.78, 5) is 36.8. The molecule has 3 amide bonds. The number of benzene rings is 3. The van der Waals surface area contributed by atoms with E-state index >= 15 is 0 Å². The fourth-order valence-corrected chi connectivity index (χ4v) is 2.71. The Balaban J connectivity index is 1.65. The standard InChI is InChI=1S/C22H17ClN4O4/c23-15-10-11-19(28)14(12-15)13-24-27-22(31)21(30)26-18-9-5-4-8-17(18)20(29)25-16-6-2-1-3-7-16/h1-13,28H,(H,25,29)(H,26,30)(H,27,31)/b24-13+. The number of hydrogen-bond acceptors (Lipinski definition) is 5. The number of phenols is 1. The molecular weight excluding hydrogens is 420 g/mol. The summed E-state index contributed by atoms with van der Waals surface area (Å²) in [5.41, 5.74) is 3.24. The van der Waals surface area contributed by atoms with E-state index < -0.39 is 17.7 Å². The SMILES string of the molecule is O=C(N/N=C/c1cc(Cl)ccc1O)C(=O)Nc1ccccc1C(=O)Nc1ccccc1. The zero-order valence-corrected chi connectivity index (χ0v) is 16.8. The van der Waals surface area contributed by atoms with Crippen LogP contribution in [0.4, 0.5) is 11.4 Å². The van der Waals surface area contributed by atoms with Gasteiger partial charge in [0, 0.05) is 16.3 Å². The molecule has 31 heavy (non-hydrogen) atoms. The summed E-state index contributed by atoms with van der Waals surface area (Å²) in [6.45, 7) is 0. The number of nitrogens with zero attached hydrogens (tertiary/aromatic N) is 1. The van der Waals surface area contributed by atoms with E-state index in [4.69, 9.17) is 11.6 Å². The Morgan fingerprint density at radius 2 is 1.58 bits per heavy atom. The van der Waals surface area contributed by atoms with E-state index in [1.807, 2.05) is 6.07 Å². The maximum absolute atomic E-state index is 12.6. The number of amides is 3. The number of carbonyl (C=O) groups is 3. The molecule has 0 atom stereocenters. The van der Waals surface area contributed by atoms with Gasteiger partial charge in [-0.1, -0.05) is 41.9 Å². The van der Waals surface area contributed by atoms with E-state index in [9.17, 15) is 19.5 Å². The lowest BCUT2D eigenvalue weighted by atomic mass is 10.1. The minimum atomic E-state index is -1.06. The Morgan fingerprint density at radius 3 is 2.35 bits per heavy atom. The molecular formula is C22H17ClN4O4. The molecule has 0 saturated carbocycles. The number of rotatable bonds is 5. The molecule has 0 bridgehead atoms. The molecule has 9 heteroatoms. The van der Waals surface area contributed by atoms with Gasteiger partial charge < -0.3 is 15.7 Å². The molecule has 3 rings (SSSR count). The van der Waals surface area contributed by atoms with E-state index in [2.05, 4.69) is 21.2 Å². The fraction of sp³-hybridized carbons (Fsp3) is 0. The second-order valence-corrected chi connectivity index (χ2v) is 6.66. The summed E-state index contributed by atoms with van der Waals surface area (Å²) in [5.74, 6) is -2.62. The Bertz CT molecular complexity index is 1150. The smallest absolute Gasteiger partial charge is 0.329 e. The molecule has 0 aromatic heterocycles. The van der Waals surface area contributed by atoms with Crippen molar-refractivity contribution < 1.29 is 19.5 Å². The first kappa shape index (κ1) is 21.5. The Hall–Kier alpha value is -4.17. The van der Waals surface area contributed by atoms with Gasteiger partial charge in [-0.25, -0.2) is 5.43 Å². The lowest BCUT2D eigenvalue weighted by Crippen LogP contribution is -2.33. The molecule has 0 spiro atoms. The maximum Gasteiger partial charge on any atom is 0.329 e. The number of aromatic hydroxyl groups is 1. The van der Waals surface area contributed by atoms with Crippen molar-refractivity contribution in [3.05, 3.63) is 88.9 Å². The van der Waals surface area contributed by atoms with Crippen LogP contribution in [0.25, 0.3) is 0 Å². The number of nitrogens with one attached hydrogen (secondary N) is 3. The second-order valence-electron chi connectivity index (χ2n) is 6.22. The van der Waals surface area contributed by atoms with Crippen LogP contribution in [-0.2, 0) is 9.59 Å². The molecule has 0 aliphatic rings. The zero-order chi connectivity index (χ0) is 22.2. The van der Waals surface area contributed by atoms with Crippen molar-refractivity contribution in [2.75, 3.05) is 10.6 Å². The van der Waals surface area contributed by atoms with Gasteiger partial charge in [-0.2, -0.15) is 5.10 Å². The first-order valence-corrected chi connectivity index (χ1v) is 9.40. The van der Waals surface area contributed by atoms with Gasteiger partial charge in [-0.15, -0.1) is 0 Å². The van der Waals surface area contributed by atoms with Crippen LogP contribution in [0.3, 0.4) is 0 Å². The Morgan fingerprint density at radius 1 is 0.871 bits per heavy atom. The molecule has 0 aliphatic heterocycles. The summed E-state index contributed by atoms with van der Waals surface area (Å²) in [5, 5.41) is 18.8. The van der Waals surface area contributed by atoms with Crippen molar-refractivity contribution in [2.24, 2.45) is 5.10 Å². The van der Waals surface area contributed by atoms with Crippen LogP contribution in [0.2, 0.25) is 5.02 Å².